The Kier molecular flexibility index (Phi) is 5.46. The lowest BCUT2D eigenvalue weighted by Gasteiger charge is -2.32. The Labute approximate surface area is 127 Å². The van der Waals surface area contributed by atoms with Crippen molar-refractivity contribution in [2.45, 2.75) is 12.6 Å². The van der Waals surface area contributed by atoms with Gasteiger partial charge in [0.25, 0.3) is 0 Å². The topological polar surface area (TPSA) is 78.9 Å². The molecule has 0 aliphatic carbocycles. The maximum absolute atomic E-state index is 12.3. The lowest BCUT2D eigenvalue weighted by molar-refractivity contribution is -0.141. The molecular weight excluding hydrogens is 292 g/mol. The summed E-state index contributed by atoms with van der Waals surface area (Å²) in [7, 11) is 1.61. The smallest absolute Gasteiger partial charge is 0.327 e. The third-order valence-corrected chi connectivity index (χ3v) is 4.19. The van der Waals surface area contributed by atoms with Gasteiger partial charge in [-0.15, -0.1) is 0 Å². The summed E-state index contributed by atoms with van der Waals surface area (Å²) in [4.78, 5) is 24.8. The molecule has 114 valence electrons. The van der Waals surface area contributed by atoms with Crippen LogP contribution < -0.4 is 5.32 Å². The van der Waals surface area contributed by atoms with Gasteiger partial charge < -0.3 is 20.1 Å². The van der Waals surface area contributed by atoms with Crippen molar-refractivity contribution >= 4 is 29.4 Å². The Morgan fingerprint density at radius 1 is 1.52 bits per heavy atom. The first kappa shape index (κ1) is 15.7. The fraction of sp³-hybridized carbons (Fsp3) is 0.429. The van der Waals surface area contributed by atoms with Crippen molar-refractivity contribution in [3.8, 4) is 0 Å². The van der Waals surface area contributed by atoms with Crippen LogP contribution in [0, 0.1) is 0 Å². The van der Waals surface area contributed by atoms with Crippen molar-refractivity contribution < 1.29 is 19.4 Å². The number of carboxylic acid groups (broad SMARTS) is 1. The molecule has 1 aromatic carbocycles. The summed E-state index contributed by atoms with van der Waals surface area (Å²) >= 11 is 1.55. The van der Waals surface area contributed by atoms with Crippen LogP contribution in [0.25, 0.3) is 0 Å². The van der Waals surface area contributed by atoms with Crippen LogP contribution in [0.15, 0.2) is 24.3 Å². The van der Waals surface area contributed by atoms with Crippen LogP contribution in [-0.4, -0.2) is 53.2 Å². The third kappa shape index (κ3) is 4.12. The van der Waals surface area contributed by atoms with Gasteiger partial charge in [-0.05, 0) is 17.7 Å². The van der Waals surface area contributed by atoms with Crippen LogP contribution in [0.1, 0.15) is 5.56 Å². The second kappa shape index (κ2) is 7.33. The number of anilines is 1. The summed E-state index contributed by atoms with van der Waals surface area (Å²) < 4.78 is 5.05. The molecule has 1 aliphatic heterocycles. The number of nitrogens with zero attached hydrogens (tertiary/aromatic N) is 1. The van der Waals surface area contributed by atoms with Gasteiger partial charge in [0.15, 0.2) is 0 Å². The number of carbonyl (C=O) groups is 2. The van der Waals surface area contributed by atoms with Gasteiger partial charge in [-0.25, -0.2) is 9.59 Å². The Morgan fingerprint density at radius 3 is 3.05 bits per heavy atom. The average molecular weight is 310 g/mol. The summed E-state index contributed by atoms with van der Waals surface area (Å²) in [5.74, 6) is 0.207. The molecule has 0 bridgehead atoms. The molecule has 1 heterocycles. The molecule has 1 saturated heterocycles. The number of nitrogens with one attached hydrogen (secondary N) is 1. The molecule has 0 aromatic heterocycles. The number of aliphatic carboxylic acids is 1. The number of carbonyl (C=O) groups excluding carboxylic acids is 1. The van der Waals surface area contributed by atoms with Crippen molar-refractivity contribution in [3.05, 3.63) is 29.8 Å². The van der Waals surface area contributed by atoms with Crippen molar-refractivity contribution in [2.75, 3.05) is 30.5 Å². The number of carboxylic acids is 1. The summed E-state index contributed by atoms with van der Waals surface area (Å²) in [6.07, 6.45) is 0. The number of amides is 2. The third-order valence-electron chi connectivity index (χ3n) is 3.16. The number of methoxy groups -OCH3 is 1. The zero-order valence-corrected chi connectivity index (χ0v) is 12.6. The van der Waals surface area contributed by atoms with Crippen molar-refractivity contribution in [1.29, 1.82) is 0 Å². The van der Waals surface area contributed by atoms with Gasteiger partial charge in [0.1, 0.15) is 6.04 Å². The zero-order valence-electron chi connectivity index (χ0n) is 11.7. The fourth-order valence-corrected chi connectivity index (χ4v) is 3.19. The molecule has 1 unspecified atom stereocenters. The van der Waals surface area contributed by atoms with Crippen molar-refractivity contribution in [3.63, 3.8) is 0 Å². The lowest BCUT2D eigenvalue weighted by Crippen LogP contribution is -2.51. The first-order chi connectivity index (χ1) is 10.1. The van der Waals surface area contributed by atoms with Crippen LogP contribution in [0.5, 0.6) is 0 Å². The Morgan fingerprint density at radius 2 is 2.33 bits per heavy atom. The summed E-state index contributed by atoms with van der Waals surface area (Å²) in [5.41, 5.74) is 1.58. The highest BCUT2D eigenvalue weighted by molar-refractivity contribution is 7.99. The second-order valence-corrected chi connectivity index (χ2v) is 5.84. The summed E-state index contributed by atoms with van der Waals surface area (Å²) in [6, 6.07) is 6.16. The Hall–Kier alpha value is -1.73. The van der Waals surface area contributed by atoms with E-state index in [4.69, 9.17) is 4.74 Å². The molecule has 2 N–H and O–H groups in total. The molecule has 1 atom stereocenters. The minimum atomic E-state index is -0.967. The number of hydrogen-bond acceptors (Lipinski definition) is 4. The number of ether oxygens (including phenoxy) is 1. The first-order valence-corrected chi connectivity index (χ1v) is 7.73. The first-order valence-electron chi connectivity index (χ1n) is 6.58. The monoisotopic (exact) mass is 310 g/mol. The van der Waals surface area contributed by atoms with E-state index in [1.165, 1.54) is 4.90 Å². The minimum Gasteiger partial charge on any atom is -0.480 e. The quantitative estimate of drug-likeness (QED) is 0.887. The zero-order chi connectivity index (χ0) is 15.2. The SMILES string of the molecule is COCc1cccc(NC(=O)N2CCSCC2C(=O)O)c1. The highest BCUT2D eigenvalue weighted by Crippen LogP contribution is 2.19. The normalized spacial score (nSPS) is 18.3. The standard InChI is InChI=1S/C14H18N2O4S/c1-20-8-10-3-2-4-11(7-10)15-14(19)16-5-6-21-9-12(16)13(17)18/h2-4,7,12H,5-6,8-9H2,1H3,(H,15,19)(H,17,18). The molecular formula is C14H18N2O4S. The van der Waals surface area contributed by atoms with E-state index in [0.717, 1.165) is 11.3 Å². The summed E-state index contributed by atoms with van der Waals surface area (Å²) in [5, 5.41) is 11.9. The van der Waals surface area contributed by atoms with E-state index in [1.807, 2.05) is 18.2 Å². The molecule has 0 radical (unpaired) electrons. The summed E-state index contributed by atoms with van der Waals surface area (Å²) in [6.45, 7) is 0.896. The lowest BCUT2D eigenvalue weighted by atomic mass is 10.2. The molecule has 1 fully saturated rings. The van der Waals surface area contributed by atoms with Crippen molar-refractivity contribution in [2.24, 2.45) is 0 Å². The number of hydrogen-bond donors (Lipinski definition) is 2. The molecule has 21 heavy (non-hydrogen) atoms. The van der Waals surface area contributed by atoms with Crippen molar-refractivity contribution in [1.82, 2.24) is 4.90 Å². The number of urea groups is 1. The van der Waals surface area contributed by atoms with Crippen LogP contribution >= 0.6 is 11.8 Å². The average Bonchev–Trinajstić information content (AvgIpc) is 2.48. The van der Waals surface area contributed by atoms with E-state index >= 15 is 0 Å². The number of benzene rings is 1. The van der Waals surface area contributed by atoms with Gasteiger partial charge in [0, 0.05) is 30.8 Å². The van der Waals surface area contributed by atoms with Gasteiger partial charge in [-0.3, -0.25) is 0 Å². The van der Waals surface area contributed by atoms with Crippen LogP contribution in [-0.2, 0) is 16.1 Å². The molecule has 7 heteroatoms. The van der Waals surface area contributed by atoms with Gasteiger partial charge in [-0.2, -0.15) is 11.8 Å². The predicted molar refractivity (Wildman–Crippen MR) is 81.6 cm³/mol. The molecule has 1 aromatic rings. The van der Waals surface area contributed by atoms with Gasteiger partial charge in [0.2, 0.25) is 0 Å². The van der Waals surface area contributed by atoms with E-state index in [0.29, 0.717) is 24.6 Å². The second-order valence-electron chi connectivity index (χ2n) is 4.69. The van der Waals surface area contributed by atoms with Gasteiger partial charge >= 0.3 is 12.0 Å². The van der Waals surface area contributed by atoms with Gasteiger partial charge in [0.05, 0.1) is 6.61 Å². The van der Waals surface area contributed by atoms with Gasteiger partial charge in [-0.1, -0.05) is 12.1 Å². The highest BCUT2D eigenvalue weighted by Gasteiger charge is 2.32. The number of rotatable bonds is 4. The largest absolute Gasteiger partial charge is 0.480 e. The molecule has 2 amide bonds. The van der Waals surface area contributed by atoms with E-state index < -0.39 is 12.0 Å². The fourth-order valence-electron chi connectivity index (χ4n) is 2.15. The maximum Gasteiger partial charge on any atom is 0.327 e. The van der Waals surface area contributed by atoms with E-state index in [-0.39, 0.29) is 6.03 Å². The van der Waals surface area contributed by atoms with Crippen LogP contribution in [0.4, 0.5) is 10.5 Å². The molecule has 2 rings (SSSR count). The molecule has 1 aliphatic rings. The van der Waals surface area contributed by atoms with Crippen LogP contribution in [0.3, 0.4) is 0 Å². The highest BCUT2D eigenvalue weighted by atomic mass is 32.2. The maximum atomic E-state index is 12.3. The Bertz CT molecular complexity index is 523. The molecule has 0 saturated carbocycles. The van der Waals surface area contributed by atoms with E-state index in [2.05, 4.69) is 5.32 Å². The van der Waals surface area contributed by atoms with E-state index in [9.17, 15) is 14.7 Å². The van der Waals surface area contributed by atoms with E-state index in [1.54, 1.807) is 24.9 Å². The molecule has 0 spiro atoms. The molecule has 6 nitrogen and oxygen atoms in total. The minimum absolute atomic E-state index is 0.378. The van der Waals surface area contributed by atoms with Crippen LogP contribution in [0.2, 0.25) is 0 Å². The predicted octanol–water partition coefficient (Wildman–Crippen LogP) is 1.87. The Balaban J connectivity index is 2.05. The number of thioether (sulfide) groups is 1.